The highest BCUT2D eigenvalue weighted by Crippen LogP contribution is 2.70. The number of aromatic nitrogens is 1. The molecule has 0 amide bonds. The maximum atomic E-state index is 2.64. The lowest BCUT2D eigenvalue weighted by atomic mass is 9.37. The van der Waals surface area contributed by atoms with E-state index in [0.29, 0.717) is 5.92 Å². The van der Waals surface area contributed by atoms with Crippen molar-refractivity contribution >= 4 is 21.8 Å². The highest BCUT2D eigenvalue weighted by Gasteiger charge is 2.63. The minimum Gasteiger partial charge on any atom is -0.309 e. The zero-order valence-electron chi connectivity index (χ0n) is 29.2. The van der Waals surface area contributed by atoms with Gasteiger partial charge in [-0.1, -0.05) is 98.8 Å². The Morgan fingerprint density at radius 3 is 1.71 bits per heavy atom. The molecule has 8 unspecified atom stereocenters. The predicted molar refractivity (Wildman–Crippen MR) is 204 cm³/mol. The van der Waals surface area contributed by atoms with Gasteiger partial charge in [0, 0.05) is 16.5 Å². The maximum absolute atomic E-state index is 2.64. The van der Waals surface area contributed by atoms with E-state index in [9.17, 15) is 0 Å². The molecule has 49 heavy (non-hydrogen) atoms. The molecule has 0 aliphatic heterocycles. The van der Waals surface area contributed by atoms with E-state index < -0.39 is 0 Å². The topological polar surface area (TPSA) is 4.93 Å². The molecule has 1 heteroatoms. The zero-order chi connectivity index (χ0) is 32.1. The molecule has 250 valence electrons. The third-order valence-electron chi connectivity index (χ3n) is 15.9. The SMILES string of the molecule is c1ccc(-c2ccc3c(c2)c2ccccc2n3-c2cccc(C3CC4C5CCCCC5C5CCCC6C7CCCCC7C(C3)C4C56)c2)cc1. The minimum absolute atomic E-state index is 0.714. The first-order valence-corrected chi connectivity index (χ1v) is 20.5. The number of nitrogens with zero attached hydrogens (tertiary/aromatic N) is 1. The monoisotopic (exact) mass is 643 g/mol. The van der Waals surface area contributed by atoms with Crippen molar-refractivity contribution in [3.05, 3.63) is 103 Å². The fourth-order valence-corrected chi connectivity index (χ4v) is 14.5. The lowest BCUT2D eigenvalue weighted by Gasteiger charge is -2.68. The van der Waals surface area contributed by atoms with Gasteiger partial charge in [0.25, 0.3) is 0 Å². The van der Waals surface area contributed by atoms with E-state index in [1.807, 2.05) is 0 Å². The van der Waals surface area contributed by atoms with E-state index in [4.69, 9.17) is 0 Å². The van der Waals surface area contributed by atoms with E-state index in [0.717, 1.165) is 59.2 Å². The summed E-state index contributed by atoms with van der Waals surface area (Å²) in [7, 11) is 0. The van der Waals surface area contributed by atoms with Gasteiger partial charge in [-0.2, -0.15) is 0 Å². The summed E-state index contributed by atoms with van der Waals surface area (Å²) >= 11 is 0. The van der Waals surface area contributed by atoms with Crippen molar-refractivity contribution in [3.8, 4) is 16.8 Å². The molecular formula is C48H53N. The van der Waals surface area contributed by atoms with E-state index in [1.54, 1.807) is 50.5 Å². The molecule has 5 aromatic rings. The molecule has 0 spiro atoms. The van der Waals surface area contributed by atoms with Crippen LogP contribution in [0.5, 0.6) is 0 Å². The second kappa shape index (κ2) is 11.6. The van der Waals surface area contributed by atoms with Crippen LogP contribution in [0.25, 0.3) is 38.6 Å². The van der Waals surface area contributed by atoms with Crippen LogP contribution in [0.2, 0.25) is 0 Å². The van der Waals surface area contributed by atoms with Crippen LogP contribution in [0, 0.1) is 59.2 Å². The molecule has 6 aliphatic carbocycles. The predicted octanol–water partition coefficient (Wildman–Crippen LogP) is 12.8. The van der Waals surface area contributed by atoms with Gasteiger partial charge in [0.15, 0.2) is 0 Å². The Balaban J connectivity index is 1.00. The minimum atomic E-state index is 0.714. The zero-order valence-corrected chi connectivity index (χ0v) is 29.2. The highest BCUT2D eigenvalue weighted by molar-refractivity contribution is 6.10. The van der Waals surface area contributed by atoms with Crippen molar-refractivity contribution < 1.29 is 0 Å². The van der Waals surface area contributed by atoms with Crippen molar-refractivity contribution in [2.45, 2.75) is 89.4 Å². The normalized spacial score (nSPS) is 36.5. The fourth-order valence-electron chi connectivity index (χ4n) is 14.5. The van der Waals surface area contributed by atoms with Gasteiger partial charge in [-0.25, -0.2) is 0 Å². The summed E-state index contributed by atoms with van der Waals surface area (Å²) in [6.45, 7) is 0. The molecule has 6 saturated carbocycles. The second-order valence-corrected chi connectivity index (χ2v) is 17.7. The maximum Gasteiger partial charge on any atom is 0.0541 e. The van der Waals surface area contributed by atoms with Gasteiger partial charge in [-0.05, 0) is 163 Å². The third-order valence-corrected chi connectivity index (χ3v) is 15.9. The van der Waals surface area contributed by atoms with Crippen molar-refractivity contribution in [3.63, 3.8) is 0 Å². The molecule has 0 N–H and O–H groups in total. The number of para-hydroxylation sites is 1. The van der Waals surface area contributed by atoms with Crippen LogP contribution in [0.3, 0.4) is 0 Å². The van der Waals surface area contributed by atoms with E-state index >= 15 is 0 Å². The average Bonchev–Trinajstić information content (AvgIpc) is 3.51. The van der Waals surface area contributed by atoms with Crippen LogP contribution in [0.4, 0.5) is 0 Å². The van der Waals surface area contributed by atoms with Crippen molar-refractivity contribution in [2.24, 2.45) is 59.2 Å². The van der Waals surface area contributed by atoms with Gasteiger partial charge in [-0.15, -0.1) is 0 Å². The van der Waals surface area contributed by atoms with Crippen LogP contribution in [-0.2, 0) is 0 Å². The fraction of sp³-hybridized carbons (Fsp3) is 0.500. The third kappa shape index (κ3) is 4.49. The number of hydrogen-bond acceptors (Lipinski definition) is 0. The van der Waals surface area contributed by atoms with E-state index in [1.165, 1.54) is 77.1 Å². The molecule has 6 fully saturated rings. The number of rotatable bonds is 3. The molecule has 6 aliphatic rings. The van der Waals surface area contributed by atoms with Crippen LogP contribution in [-0.4, -0.2) is 4.57 Å². The van der Waals surface area contributed by atoms with Crippen LogP contribution in [0.1, 0.15) is 95.0 Å². The summed E-state index contributed by atoms with van der Waals surface area (Å²) in [4.78, 5) is 0. The molecule has 4 aromatic carbocycles. The molecule has 1 heterocycles. The molecule has 1 nitrogen and oxygen atoms in total. The van der Waals surface area contributed by atoms with Crippen LogP contribution in [0.15, 0.2) is 97.1 Å². The average molecular weight is 644 g/mol. The van der Waals surface area contributed by atoms with Crippen molar-refractivity contribution in [2.75, 3.05) is 0 Å². The lowest BCUT2D eigenvalue weighted by Crippen LogP contribution is -2.61. The Morgan fingerprint density at radius 1 is 0.408 bits per heavy atom. The molecule has 8 atom stereocenters. The van der Waals surface area contributed by atoms with E-state index in [2.05, 4.69) is 102 Å². The molecule has 0 bridgehead atoms. The van der Waals surface area contributed by atoms with E-state index in [-0.39, 0.29) is 0 Å². The molecule has 11 rings (SSSR count). The Morgan fingerprint density at radius 2 is 1.00 bits per heavy atom. The Labute approximate surface area is 293 Å². The number of benzene rings is 4. The summed E-state index contributed by atoms with van der Waals surface area (Å²) in [6, 6.07) is 37.1. The van der Waals surface area contributed by atoms with Gasteiger partial charge in [0.05, 0.1) is 11.0 Å². The number of hydrogen-bond donors (Lipinski definition) is 0. The van der Waals surface area contributed by atoms with Crippen molar-refractivity contribution in [1.82, 2.24) is 4.57 Å². The molecular weight excluding hydrogens is 591 g/mol. The Bertz CT molecular complexity index is 1960. The number of fused-ring (bicyclic) bond motifs is 9. The second-order valence-electron chi connectivity index (χ2n) is 17.7. The Hall–Kier alpha value is -3.32. The molecule has 0 saturated heterocycles. The van der Waals surface area contributed by atoms with Gasteiger partial charge in [0.1, 0.15) is 0 Å². The smallest absolute Gasteiger partial charge is 0.0541 e. The van der Waals surface area contributed by atoms with Crippen LogP contribution < -0.4 is 0 Å². The first-order chi connectivity index (χ1) is 24.3. The largest absolute Gasteiger partial charge is 0.309 e. The summed E-state index contributed by atoms with van der Waals surface area (Å²) in [5, 5.41) is 2.71. The first-order valence-electron chi connectivity index (χ1n) is 20.5. The standard InChI is InChI=1S/C48H53N/c1-2-12-30(13-3-1)32-24-25-46-42(27-32)39-20-8-9-23-45(39)49(46)34-15-10-14-31(26-34)33-28-43-37-18-6-4-16-35(37)40-21-11-22-41-36-17-5-7-19-38(36)44(29-33)48(43)47(40)41/h1-3,8-10,12-15,20,23-27,33,35-38,40-41,43-44,47-48H,4-7,11,16-19,21-22,28-29H2. The first kappa shape index (κ1) is 29.4. The lowest BCUT2D eigenvalue weighted by molar-refractivity contribution is -0.189. The summed E-state index contributed by atoms with van der Waals surface area (Å²) in [5.41, 5.74) is 8.22. The summed E-state index contributed by atoms with van der Waals surface area (Å²) < 4.78 is 2.57. The van der Waals surface area contributed by atoms with Gasteiger partial charge >= 0.3 is 0 Å². The van der Waals surface area contributed by atoms with Crippen molar-refractivity contribution in [1.29, 1.82) is 0 Å². The quantitative estimate of drug-likeness (QED) is 0.184. The highest BCUT2D eigenvalue weighted by atomic mass is 15.0. The Kier molecular flexibility index (Phi) is 6.97. The van der Waals surface area contributed by atoms with Gasteiger partial charge in [0.2, 0.25) is 0 Å². The van der Waals surface area contributed by atoms with Gasteiger partial charge in [-0.3, -0.25) is 0 Å². The summed E-state index contributed by atoms with van der Waals surface area (Å²) in [6.07, 6.45) is 19.9. The van der Waals surface area contributed by atoms with Gasteiger partial charge < -0.3 is 4.57 Å². The molecule has 0 radical (unpaired) electrons. The van der Waals surface area contributed by atoms with Crippen LogP contribution >= 0.6 is 0 Å². The molecule has 1 aromatic heterocycles. The summed E-state index contributed by atoms with van der Waals surface area (Å²) in [5.74, 6) is 11.1.